The molecule has 0 aromatic carbocycles. The van der Waals surface area contributed by atoms with E-state index in [1.807, 2.05) is 0 Å². The lowest BCUT2D eigenvalue weighted by Gasteiger charge is -2.35. The second-order valence-corrected chi connectivity index (χ2v) is 6.92. The van der Waals surface area contributed by atoms with Gasteiger partial charge in [0.2, 0.25) is 0 Å². The van der Waals surface area contributed by atoms with Gasteiger partial charge in [0, 0.05) is 7.11 Å². The van der Waals surface area contributed by atoms with Crippen molar-refractivity contribution in [3.05, 3.63) is 0 Å². The van der Waals surface area contributed by atoms with Crippen molar-refractivity contribution in [1.82, 2.24) is 0 Å². The van der Waals surface area contributed by atoms with Gasteiger partial charge in [-0.1, -0.05) is 0 Å². The number of hydrogen-bond acceptors (Lipinski definition) is 7. The highest BCUT2D eigenvalue weighted by Gasteiger charge is 2.64. The molecule has 3 heterocycles. The van der Waals surface area contributed by atoms with Crippen molar-refractivity contribution < 1.29 is 33.5 Å². The molecule has 21 heavy (non-hydrogen) atoms. The van der Waals surface area contributed by atoms with Gasteiger partial charge in [-0.3, -0.25) is 0 Å². The van der Waals surface area contributed by atoms with Crippen LogP contribution >= 0.6 is 0 Å². The van der Waals surface area contributed by atoms with Crippen LogP contribution in [-0.4, -0.2) is 60.3 Å². The summed E-state index contributed by atoms with van der Waals surface area (Å²) in [6.45, 7) is 8.82. The van der Waals surface area contributed by atoms with E-state index >= 15 is 0 Å². The maximum Gasteiger partial charge on any atom is 0.192 e. The van der Waals surface area contributed by atoms with E-state index in [0.29, 0.717) is 0 Å². The molecule has 0 spiro atoms. The summed E-state index contributed by atoms with van der Waals surface area (Å²) in [5.41, 5.74) is -1.39. The maximum atomic E-state index is 10.8. The molecular weight excluding hydrogens is 280 g/mol. The quantitative estimate of drug-likeness (QED) is 0.765. The number of aliphatic hydroxyl groups is 1. The normalized spacial score (nSPS) is 51.3. The fraction of sp³-hybridized carbons (Fsp3) is 1.00. The van der Waals surface area contributed by atoms with Gasteiger partial charge in [-0.05, 0) is 34.6 Å². The van der Waals surface area contributed by atoms with E-state index < -0.39 is 48.1 Å². The maximum absolute atomic E-state index is 10.8. The monoisotopic (exact) mass is 304 g/mol. The van der Waals surface area contributed by atoms with Crippen molar-refractivity contribution in [3.8, 4) is 0 Å². The topological polar surface area (TPSA) is 75.6 Å². The molecule has 1 N–H and O–H groups in total. The van der Waals surface area contributed by atoms with Crippen LogP contribution in [0.1, 0.15) is 34.6 Å². The highest BCUT2D eigenvalue weighted by molar-refractivity contribution is 5.04. The number of fused-ring (bicyclic) bond motifs is 3. The smallest absolute Gasteiger partial charge is 0.192 e. The highest BCUT2D eigenvalue weighted by Crippen LogP contribution is 2.46. The Balaban J connectivity index is 1.98. The Bertz CT molecular complexity index is 420. The van der Waals surface area contributed by atoms with Crippen LogP contribution in [0.3, 0.4) is 0 Å². The minimum Gasteiger partial charge on any atom is -0.382 e. The van der Waals surface area contributed by atoms with Gasteiger partial charge in [-0.25, -0.2) is 0 Å². The first-order valence-corrected chi connectivity index (χ1v) is 7.18. The summed E-state index contributed by atoms with van der Waals surface area (Å²) in [4.78, 5) is 0. The molecule has 3 fully saturated rings. The SMILES string of the molecule is CO[C@H]1OC2OC(C)(C)O[C@H]2C2OC(C)(C)OC2[C@@]1(C)O. The molecule has 0 aromatic heterocycles. The van der Waals surface area contributed by atoms with E-state index in [9.17, 15) is 5.11 Å². The summed E-state index contributed by atoms with van der Waals surface area (Å²) in [7, 11) is 1.47. The molecule has 3 aliphatic rings. The van der Waals surface area contributed by atoms with Gasteiger partial charge in [0.1, 0.15) is 23.9 Å². The zero-order valence-electron chi connectivity index (χ0n) is 13.3. The molecule has 7 nitrogen and oxygen atoms in total. The average molecular weight is 304 g/mol. The van der Waals surface area contributed by atoms with E-state index in [-0.39, 0.29) is 0 Å². The molecule has 3 unspecified atom stereocenters. The minimum atomic E-state index is -1.39. The molecule has 0 aromatic rings. The first kappa shape index (κ1) is 15.6. The summed E-state index contributed by atoms with van der Waals surface area (Å²) in [6.07, 6.45) is -3.26. The molecule has 3 saturated heterocycles. The summed E-state index contributed by atoms with van der Waals surface area (Å²) in [6, 6.07) is 0. The molecule has 3 rings (SSSR count). The van der Waals surface area contributed by atoms with Crippen LogP contribution in [0.4, 0.5) is 0 Å². The number of ether oxygens (including phenoxy) is 6. The Morgan fingerprint density at radius 1 is 0.857 bits per heavy atom. The molecule has 0 amide bonds. The largest absolute Gasteiger partial charge is 0.382 e. The third-order valence-electron chi connectivity index (χ3n) is 4.07. The predicted molar refractivity (Wildman–Crippen MR) is 70.2 cm³/mol. The van der Waals surface area contributed by atoms with Crippen LogP contribution < -0.4 is 0 Å². The predicted octanol–water partition coefficient (Wildman–Crippen LogP) is 0.738. The second kappa shape index (κ2) is 4.61. The van der Waals surface area contributed by atoms with E-state index in [1.54, 1.807) is 34.6 Å². The Kier molecular flexibility index (Phi) is 3.43. The summed E-state index contributed by atoms with van der Waals surface area (Å²) < 4.78 is 34.6. The molecule has 0 radical (unpaired) electrons. The summed E-state index contributed by atoms with van der Waals surface area (Å²) in [5.74, 6) is -1.62. The first-order chi connectivity index (χ1) is 9.56. The number of rotatable bonds is 1. The molecule has 0 bridgehead atoms. The summed E-state index contributed by atoms with van der Waals surface area (Å²) >= 11 is 0. The lowest BCUT2D eigenvalue weighted by Crippen LogP contribution is -2.55. The standard InChI is InChI=1S/C14H24O7/c1-12(2)18-7-8-10(21-13(3,4)19-8)17-11(16-6)14(5,15)9(7)20-12/h7-11,15H,1-6H3/t7?,8-,9?,10?,11-,14+/m0/s1. The van der Waals surface area contributed by atoms with Gasteiger partial charge in [-0.2, -0.15) is 0 Å². The molecule has 122 valence electrons. The molecule has 0 saturated carbocycles. The summed E-state index contributed by atoms with van der Waals surface area (Å²) in [5, 5.41) is 10.8. The fourth-order valence-electron chi connectivity index (χ4n) is 3.25. The number of methoxy groups -OCH3 is 1. The minimum absolute atomic E-state index is 0.501. The van der Waals surface area contributed by atoms with Crippen LogP contribution in [0.2, 0.25) is 0 Å². The van der Waals surface area contributed by atoms with Crippen LogP contribution in [0, 0.1) is 0 Å². The van der Waals surface area contributed by atoms with E-state index in [0.717, 1.165) is 0 Å². The van der Waals surface area contributed by atoms with E-state index in [2.05, 4.69) is 0 Å². The van der Waals surface area contributed by atoms with Gasteiger partial charge in [-0.15, -0.1) is 0 Å². The molecule has 7 heteroatoms. The van der Waals surface area contributed by atoms with Crippen LogP contribution in [0.5, 0.6) is 0 Å². The number of hydrogen-bond donors (Lipinski definition) is 1. The van der Waals surface area contributed by atoms with Crippen molar-refractivity contribution in [2.24, 2.45) is 0 Å². The van der Waals surface area contributed by atoms with Crippen LogP contribution in [0.15, 0.2) is 0 Å². The zero-order chi connectivity index (χ0) is 15.6. The lowest BCUT2D eigenvalue weighted by molar-refractivity contribution is -0.305. The van der Waals surface area contributed by atoms with Crippen molar-refractivity contribution in [3.63, 3.8) is 0 Å². The Morgan fingerprint density at radius 3 is 2.05 bits per heavy atom. The van der Waals surface area contributed by atoms with Crippen molar-refractivity contribution >= 4 is 0 Å². The molecule has 0 aliphatic carbocycles. The Hall–Kier alpha value is -0.280. The molecular formula is C14H24O7. The second-order valence-electron chi connectivity index (χ2n) is 6.92. The average Bonchev–Trinajstić information content (AvgIpc) is 2.80. The van der Waals surface area contributed by atoms with Gasteiger partial charge < -0.3 is 33.5 Å². The van der Waals surface area contributed by atoms with E-state index in [4.69, 9.17) is 28.4 Å². The lowest BCUT2D eigenvalue weighted by atomic mass is 9.92. The van der Waals surface area contributed by atoms with Gasteiger partial charge in [0.25, 0.3) is 0 Å². The molecule has 6 atom stereocenters. The Labute approximate surface area is 124 Å². The first-order valence-electron chi connectivity index (χ1n) is 7.18. The highest BCUT2D eigenvalue weighted by atomic mass is 16.9. The van der Waals surface area contributed by atoms with Gasteiger partial charge >= 0.3 is 0 Å². The van der Waals surface area contributed by atoms with Crippen LogP contribution in [-0.2, 0) is 28.4 Å². The van der Waals surface area contributed by atoms with Crippen LogP contribution in [0.25, 0.3) is 0 Å². The van der Waals surface area contributed by atoms with Crippen molar-refractivity contribution in [2.45, 2.75) is 82.7 Å². The van der Waals surface area contributed by atoms with Crippen molar-refractivity contribution in [1.29, 1.82) is 0 Å². The van der Waals surface area contributed by atoms with Gasteiger partial charge in [0.15, 0.2) is 24.2 Å². The fourth-order valence-corrected chi connectivity index (χ4v) is 3.25. The Morgan fingerprint density at radius 2 is 1.43 bits per heavy atom. The van der Waals surface area contributed by atoms with Crippen molar-refractivity contribution in [2.75, 3.05) is 7.11 Å². The van der Waals surface area contributed by atoms with Gasteiger partial charge in [0.05, 0.1) is 0 Å². The third-order valence-corrected chi connectivity index (χ3v) is 4.07. The zero-order valence-corrected chi connectivity index (χ0v) is 13.3. The molecule has 3 aliphatic heterocycles. The van der Waals surface area contributed by atoms with E-state index in [1.165, 1.54) is 7.11 Å². The third kappa shape index (κ3) is 2.50.